The Morgan fingerprint density at radius 3 is 2.92 bits per heavy atom. The van der Waals surface area contributed by atoms with Crippen LogP contribution in [-0.2, 0) is 9.53 Å². The summed E-state index contributed by atoms with van der Waals surface area (Å²) in [6.45, 7) is 4.44. The maximum absolute atomic E-state index is 12.7. The van der Waals surface area contributed by atoms with Gasteiger partial charge in [0.25, 0.3) is 5.91 Å². The topological polar surface area (TPSA) is 90.2 Å². The van der Waals surface area contributed by atoms with Crippen molar-refractivity contribution < 1.29 is 14.3 Å². The van der Waals surface area contributed by atoms with Gasteiger partial charge in [-0.15, -0.1) is 5.10 Å². The fraction of sp³-hybridized carbons (Fsp3) is 0.500. The first kappa shape index (κ1) is 18.0. The number of piperidine rings is 1. The van der Waals surface area contributed by atoms with E-state index in [9.17, 15) is 9.59 Å². The predicted octanol–water partition coefficient (Wildman–Crippen LogP) is 2.00. The van der Waals surface area contributed by atoms with Gasteiger partial charge in [-0.05, 0) is 61.2 Å². The molecule has 1 aliphatic rings. The molecule has 0 unspecified atom stereocenters. The molecule has 1 aliphatic heterocycles. The molecule has 1 saturated heterocycles. The number of benzene rings is 1. The maximum Gasteiger partial charge on any atom is 0.338 e. The molecule has 8 nitrogen and oxygen atoms in total. The Morgan fingerprint density at radius 1 is 1.35 bits per heavy atom. The first-order chi connectivity index (χ1) is 12.6. The van der Waals surface area contributed by atoms with Crippen LogP contribution in [0.5, 0.6) is 0 Å². The first-order valence-electron chi connectivity index (χ1n) is 8.95. The number of carbonyl (C=O) groups is 2. The molecule has 0 N–H and O–H groups in total. The van der Waals surface area contributed by atoms with E-state index in [0.717, 1.165) is 32.2 Å². The van der Waals surface area contributed by atoms with Crippen LogP contribution in [0, 0.1) is 0 Å². The zero-order valence-electron chi connectivity index (χ0n) is 15.0. The van der Waals surface area contributed by atoms with Crippen molar-refractivity contribution in [3.8, 4) is 5.69 Å². The van der Waals surface area contributed by atoms with Crippen molar-refractivity contribution in [3.05, 3.63) is 36.2 Å². The molecule has 3 rings (SSSR count). The molecule has 0 radical (unpaired) electrons. The zero-order chi connectivity index (χ0) is 18.5. The number of hydrogen-bond donors (Lipinski definition) is 0. The van der Waals surface area contributed by atoms with Gasteiger partial charge in [0.1, 0.15) is 6.33 Å². The summed E-state index contributed by atoms with van der Waals surface area (Å²) < 4.78 is 6.87. The van der Waals surface area contributed by atoms with Crippen LogP contribution in [0.15, 0.2) is 30.6 Å². The van der Waals surface area contributed by atoms with E-state index in [2.05, 4.69) is 22.4 Å². The van der Waals surface area contributed by atoms with Crippen LogP contribution >= 0.6 is 0 Å². The molecular weight excluding hydrogens is 334 g/mol. The lowest BCUT2D eigenvalue weighted by Gasteiger charge is -2.36. The Hall–Kier alpha value is -2.77. The molecule has 1 aromatic carbocycles. The number of hydrogen-bond acceptors (Lipinski definition) is 6. The minimum atomic E-state index is -0.814. The lowest BCUT2D eigenvalue weighted by molar-refractivity contribution is -0.143. The highest BCUT2D eigenvalue weighted by molar-refractivity contribution is 5.92. The molecule has 1 aromatic heterocycles. The number of likely N-dealkylation sites (tertiary alicyclic amines) is 1. The van der Waals surface area contributed by atoms with Gasteiger partial charge in [-0.1, -0.05) is 13.0 Å². The fourth-order valence-corrected chi connectivity index (χ4v) is 3.28. The molecule has 0 spiro atoms. The summed E-state index contributed by atoms with van der Waals surface area (Å²) in [5.74, 6) is -0.660. The van der Waals surface area contributed by atoms with Crippen LogP contribution in [-0.4, -0.2) is 55.7 Å². The molecule has 0 aliphatic carbocycles. The number of amides is 1. The number of nitrogens with zero attached hydrogens (tertiary/aromatic N) is 5. The van der Waals surface area contributed by atoms with Gasteiger partial charge < -0.3 is 9.64 Å². The third kappa shape index (κ3) is 3.89. The Labute approximate surface area is 152 Å². The molecule has 2 atom stereocenters. The SMILES string of the molecule is CC[C@@H]1CCCCN1C(=O)[C@@H](C)OC(=O)c1cccc(-n2cnnn2)c1. The summed E-state index contributed by atoms with van der Waals surface area (Å²) in [7, 11) is 0. The third-order valence-electron chi connectivity index (χ3n) is 4.71. The fourth-order valence-electron chi connectivity index (χ4n) is 3.28. The van der Waals surface area contributed by atoms with Crippen molar-refractivity contribution in [2.45, 2.75) is 51.7 Å². The van der Waals surface area contributed by atoms with Crippen LogP contribution in [0.3, 0.4) is 0 Å². The molecule has 1 amide bonds. The quantitative estimate of drug-likeness (QED) is 0.760. The van der Waals surface area contributed by atoms with Crippen molar-refractivity contribution >= 4 is 11.9 Å². The molecule has 8 heteroatoms. The van der Waals surface area contributed by atoms with Crippen molar-refractivity contribution in [2.24, 2.45) is 0 Å². The molecule has 0 saturated carbocycles. The Bertz CT molecular complexity index is 762. The number of aromatic nitrogens is 4. The van der Waals surface area contributed by atoms with E-state index in [0.29, 0.717) is 11.3 Å². The standard InChI is InChI=1S/C18H23N5O3/c1-3-15-8-4-5-10-22(15)17(24)13(2)26-18(25)14-7-6-9-16(11-14)23-12-19-20-21-23/h6-7,9,11-13,15H,3-5,8,10H2,1-2H3/t13-,15-/m1/s1. The van der Waals surface area contributed by atoms with Gasteiger partial charge in [-0.25, -0.2) is 9.48 Å². The van der Waals surface area contributed by atoms with E-state index in [1.807, 2.05) is 4.90 Å². The van der Waals surface area contributed by atoms with Crippen LogP contribution in [0.25, 0.3) is 5.69 Å². The second-order valence-corrected chi connectivity index (χ2v) is 6.44. The van der Waals surface area contributed by atoms with E-state index < -0.39 is 12.1 Å². The minimum Gasteiger partial charge on any atom is -0.449 e. The van der Waals surface area contributed by atoms with Gasteiger partial charge in [0.2, 0.25) is 0 Å². The number of tetrazole rings is 1. The Morgan fingerprint density at radius 2 is 2.19 bits per heavy atom. The lowest BCUT2D eigenvalue weighted by atomic mass is 9.99. The molecular formula is C18H23N5O3. The van der Waals surface area contributed by atoms with Crippen molar-refractivity contribution in [2.75, 3.05) is 6.54 Å². The summed E-state index contributed by atoms with van der Waals surface area (Å²) in [4.78, 5) is 27.0. The summed E-state index contributed by atoms with van der Waals surface area (Å²) in [6.07, 6.45) is 4.69. The Balaban J connectivity index is 1.67. The van der Waals surface area contributed by atoms with E-state index in [-0.39, 0.29) is 11.9 Å². The van der Waals surface area contributed by atoms with Crippen LogP contribution < -0.4 is 0 Å². The first-order valence-corrected chi connectivity index (χ1v) is 8.95. The van der Waals surface area contributed by atoms with Gasteiger partial charge in [0.15, 0.2) is 6.10 Å². The highest BCUT2D eigenvalue weighted by Crippen LogP contribution is 2.21. The van der Waals surface area contributed by atoms with Crippen molar-refractivity contribution in [1.82, 2.24) is 25.1 Å². The van der Waals surface area contributed by atoms with Crippen molar-refractivity contribution in [1.29, 1.82) is 0 Å². The highest BCUT2D eigenvalue weighted by Gasteiger charge is 2.30. The van der Waals surface area contributed by atoms with Crippen LogP contribution in [0.4, 0.5) is 0 Å². The average Bonchev–Trinajstić information content (AvgIpc) is 3.22. The number of carbonyl (C=O) groups excluding carboxylic acids is 2. The second-order valence-electron chi connectivity index (χ2n) is 6.44. The van der Waals surface area contributed by atoms with E-state index in [1.165, 1.54) is 11.0 Å². The second kappa shape index (κ2) is 8.07. The van der Waals surface area contributed by atoms with E-state index in [1.54, 1.807) is 31.2 Å². The smallest absolute Gasteiger partial charge is 0.338 e. The molecule has 2 heterocycles. The van der Waals surface area contributed by atoms with Gasteiger partial charge in [0, 0.05) is 12.6 Å². The van der Waals surface area contributed by atoms with Crippen molar-refractivity contribution in [3.63, 3.8) is 0 Å². The average molecular weight is 357 g/mol. The molecule has 26 heavy (non-hydrogen) atoms. The zero-order valence-corrected chi connectivity index (χ0v) is 15.0. The maximum atomic E-state index is 12.7. The molecule has 2 aromatic rings. The van der Waals surface area contributed by atoms with Gasteiger partial charge in [0.05, 0.1) is 11.3 Å². The largest absolute Gasteiger partial charge is 0.449 e. The van der Waals surface area contributed by atoms with Gasteiger partial charge >= 0.3 is 5.97 Å². The third-order valence-corrected chi connectivity index (χ3v) is 4.71. The summed E-state index contributed by atoms with van der Waals surface area (Å²) in [5, 5.41) is 11.0. The minimum absolute atomic E-state index is 0.124. The van der Waals surface area contributed by atoms with Crippen LogP contribution in [0.1, 0.15) is 49.9 Å². The summed E-state index contributed by atoms with van der Waals surface area (Å²) in [6, 6.07) is 7.01. The molecule has 138 valence electrons. The van der Waals surface area contributed by atoms with Crippen LogP contribution in [0.2, 0.25) is 0 Å². The van der Waals surface area contributed by atoms with E-state index in [4.69, 9.17) is 4.74 Å². The summed E-state index contributed by atoms with van der Waals surface area (Å²) in [5.41, 5.74) is 0.994. The predicted molar refractivity (Wildman–Crippen MR) is 93.7 cm³/mol. The lowest BCUT2D eigenvalue weighted by Crippen LogP contribution is -2.48. The normalized spacial score (nSPS) is 18.4. The monoisotopic (exact) mass is 357 g/mol. The van der Waals surface area contributed by atoms with Gasteiger partial charge in [-0.3, -0.25) is 4.79 Å². The number of esters is 1. The number of rotatable bonds is 5. The number of ether oxygens (including phenoxy) is 1. The molecule has 1 fully saturated rings. The van der Waals surface area contributed by atoms with E-state index >= 15 is 0 Å². The molecule has 0 bridgehead atoms. The highest BCUT2D eigenvalue weighted by atomic mass is 16.5. The van der Waals surface area contributed by atoms with Gasteiger partial charge in [-0.2, -0.15) is 0 Å². The summed E-state index contributed by atoms with van der Waals surface area (Å²) >= 11 is 0. The Kier molecular flexibility index (Phi) is 5.60.